The van der Waals surface area contributed by atoms with Gasteiger partial charge in [0.15, 0.2) is 0 Å². The van der Waals surface area contributed by atoms with Crippen LogP contribution in [0.3, 0.4) is 0 Å². The zero-order chi connectivity index (χ0) is 19.3. The molecule has 138 valence electrons. The van der Waals surface area contributed by atoms with Crippen LogP contribution < -0.4 is 4.74 Å². The lowest BCUT2D eigenvalue weighted by atomic mass is 10.1. The molecule has 9 heteroatoms. The number of hydrogen-bond acceptors (Lipinski definition) is 5. The highest BCUT2D eigenvalue weighted by Crippen LogP contribution is 2.36. The van der Waals surface area contributed by atoms with E-state index >= 15 is 0 Å². The first-order valence-corrected chi connectivity index (χ1v) is 9.39. The summed E-state index contributed by atoms with van der Waals surface area (Å²) in [4.78, 5) is 21.7. The second-order valence-corrected chi connectivity index (χ2v) is 7.35. The van der Waals surface area contributed by atoms with Gasteiger partial charge in [0.05, 0.1) is 21.0 Å². The van der Waals surface area contributed by atoms with Crippen molar-refractivity contribution in [2.24, 2.45) is 0 Å². The number of halogens is 3. The van der Waals surface area contributed by atoms with Gasteiger partial charge in [0.1, 0.15) is 17.4 Å². The lowest BCUT2D eigenvalue weighted by molar-refractivity contribution is -0.384. The monoisotopic (exact) mass is 505 g/mol. The SMILES string of the molecule is COC(=O)CCc1cc(Br)c(OCc2cccc([N+](=O)[O-])c2Cl)c(Br)c1. The number of nitrogens with zero attached hydrogens (tertiary/aromatic N) is 1. The summed E-state index contributed by atoms with van der Waals surface area (Å²) >= 11 is 12.9. The van der Waals surface area contributed by atoms with Crippen molar-refractivity contribution in [1.82, 2.24) is 0 Å². The van der Waals surface area contributed by atoms with Crippen LogP contribution in [0.25, 0.3) is 0 Å². The average Bonchev–Trinajstić information content (AvgIpc) is 2.59. The number of benzene rings is 2. The first kappa shape index (κ1) is 20.7. The summed E-state index contributed by atoms with van der Waals surface area (Å²) in [5, 5.41) is 11.0. The molecule has 0 fully saturated rings. The number of esters is 1. The van der Waals surface area contributed by atoms with Gasteiger partial charge in [-0.2, -0.15) is 0 Å². The van der Waals surface area contributed by atoms with Crippen molar-refractivity contribution in [3.05, 3.63) is 65.5 Å². The van der Waals surface area contributed by atoms with Gasteiger partial charge < -0.3 is 9.47 Å². The summed E-state index contributed by atoms with van der Waals surface area (Å²) in [6.45, 7) is 0.0687. The standard InChI is InChI=1S/C17H14Br2ClNO5/c1-25-15(22)6-5-10-7-12(18)17(13(19)8-10)26-9-11-3-2-4-14(16(11)20)21(23)24/h2-4,7-8H,5-6,9H2,1H3. The minimum Gasteiger partial charge on any atom is -0.486 e. The van der Waals surface area contributed by atoms with Crippen LogP contribution in [0.1, 0.15) is 17.5 Å². The van der Waals surface area contributed by atoms with Gasteiger partial charge in [-0.05, 0) is 56.0 Å². The van der Waals surface area contributed by atoms with E-state index in [-0.39, 0.29) is 29.7 Å². The van der Waals surface area contributed by atoms with Crippen molar-refractivity contribution in [2.75, 3.05) is 7.11 Å². The fourth-order valence-corrected chi connectivity index (χ4v) is 3.97. The predicted octanol–water partition coefficient (Wildman–Crippen LogP) is 5.46. The van der Waals surface area contributed by atoms with Gasteiger partial charge in [-0.25, -0.2) is 0 Å². The van der Waals surface area contributed by atoms with Crippen molar-refractivity contribution in [1.29, 1.82) is 0 Å². The highest BCUT2D eigenvalue weighted by molar-refractivity contribution is 9.11. The molecule has 0 spiro atoms. The van der Waals surface area contributed by atoms with E-state index in [0.717, 1.165) is 5.56 Å². The Hall–Kier alpha value is -1.64. The van der Waals surface area contributed by atoms with E-state index < -0.39 is 4.92 Å². The Bertz CT molecular complexity index is 821. The lowest BCUT2D eigenvalue weighted by Crippen LogP contribution is -2.03. The van der Waals surface area contributed by atoms with Gasteiger partial charge in [0, 0.05) is 18.1 Å². The number of aryl methyl sites for hydroxylation is 1. The van der Waals surface area contributed by atoms with Gasteiger partial charge in [0.25, 0.3) is 5.69 Å². The third kappa shape index (κ3) is 5.18. The van der Waals surface area contributed by atoms with Gasteiger partial charge in [-0.3, -0.25) is 14.9 Å². The van der Waals surface area contributed by atoms with Crippen molar-refractivity contribution >= 4 is 55.1 Å². The third-order valence-corrected chi connectivity index (χ3v) is 5.14. The van der Waals surface area contributed by atoms with Crippen LogP contribution in [0.5, 0.6) is 5.75 Å². The molecule has 0 saturated carbocycles. The topological polar surface area (TPSA) is 78.7 Å². The fraction of sp³-hybridized carbons (Fsp3) is 0.235. The highest BCUT2D eigenvalue weighted by Gasteiger charge is 2.17. The normalized spacial score (nSPS) is 10.5. The van der Waals surface area contributed by atoms with Crippen LogP contribution >= 0.6 is 43.5 Å². The molecule has 0 unspecified atom stereocenters. The Kier molecular flexibility index (Phi) is 7.43. The number of rotatable bonds is 7. The van der Waals surface area contributed by atoms with Crippen molar-refractivity contribution in [2.45, 2.75) is 19.4 Å². The lowest BCUT2D eigenvalue weighted by Gasteiger charge is -2.13. The molecular formula is C17H14Br2ClNO5. The number of carbonyl (C=O) groups excluding carboxylic acids is 1. The summed E-state index contributed by atoms with van der Waals surface area (Å²) in [7, 11) is 1.35. The average molecular weight is 508 g/mol. The molecule has 0 saturated heterocycles. The van der Waals surface area contributed by atoms with E-state index in [0.29, 0.717) is 26.7 Å². The Morgan fingerprint density at radius 3 is 2.50 bits per heavy atom. The van der Waals surface area contributed by atoms with Crippen LogP contribution in [0, 0.1) is 10.1 Å². The van der Waals surface area contributed by atoms with Gasteiger partial charge in [0.2, 0.25) is 0 Å². The predicted molar refractivity (Wildman–Crippen MR) is 105 cm³/mol. The first-order chi connectivity index (χ1) is 12.3. The first-order valence-electron chi connectivity index (χ1n) is 7.42. The molecule has 0 atom stereocenters. The maximum atomic E-state index is 11.3. The number of nitro groups is 1. The van der Waals surface area contributed by atoms with E-state index in [1.54, 1.807) is 12.1 Å². The highest BCUT2D eigenvalue weighted by atomic mass is 79.9. The molecule has 0 N–H and O–H groups in total. The Morgan fingerprint density at radius 1 is 1.27 bits per heavy atom. The molecule has 0 aliphatic heterocycles. The summed E-state index contributed by atoms with van der Waals surface area (Å²) < 4.78 is 11.8. The molecule has 0 amide bonds. The van der Waals surface area contributed by atoms with Gasteiger partial charge in [-0.15, -0.1) is 0 Å². The second-order valence-electron chi connectivity index (χ2n) is 5.26. The number of methoxy groups -OCH3 is 1. The van der Waals surface area contributed by atoms with Crippen molar-refractivity contribution in [3.8, 4) is 5.75 Å². The van der Waals surface area contributed by atoms with Crippen LogP contribution in [0.15, 0.2) is 39.3 Å². The molecule has 6 nitrogen and oxygen atoms in total. The van der Waals surface area contributed by atoms with Crippen molar-refractivity contribution in [3.63, 3.8) is 0 Å². The van der Waals surface area contributed by atoms with E-state index in [1.165, 1.54) is 13.2 Å². The summed E-state index contributed by atoms with van der Waals surface area (Å²) in [5.41, 5.74) is 1.27. The maximum absolute atomic E-state index is 11.3. The van der Waals surface area contributed by atoms with E-state index in [2.05, 4.69) is 36.6 Å². The van der Waals surface area contributed by atoms with E-state index in [1.807, 2.05) is 12.1 Å². The molecular weight excluding hydrogens is 493 g/mol. The molecule has 26 heavy (non-hydrogen) atoms. The molecule has 0 heterocycles. The maximum Gasteiger partial charge on any atom is 0.305 e. The number of ether oxygens (including phenoxy) is 2. The van der Waals surface area contributed by atoms with Crippen LogP contribution in [0.2, 0.25) is 5.02 Å². The molecule has 2 aromatic carbocycles. The van der Waals surface area contributed by atoms with E-state index in [9.17, 15) is 14.9 Å². The number of carbonyl (C=O) groups is 1. The molecule has 0 radical (unpaired) electrons. The fourth-order valence-electron chi connectivity index (χ4n) is 2.21. The number of hydrogen-bond donors (Lipinski definition) is 0. The van der Waals surface area contributed by atoms with Crippen LogP contribution in [0.4, 0.5) is 5.69 Å². The minimum absolute atomic E-state index is 0.0550. The van der Waals surface area contributed by atoms with Gasteiger partial charge in [-0.1, -0.05) is 23.7 Å². The molecule has 0 aliphatic carbocycles. The largest absolute Gasteiger partial charge is 0.486 e. The van der Waals surface area contributed by atoms with Gasteiger partial charge >= 0.3 is 5.97 Å². The Labute approximate surface area is 171 Å². The summed E-state index contributed by atoms with van der Waals surface area (Å²) in [6.07, 6.45) is 0.805. The molecule has 0 aromatic heterocycles. The zero-order valence-electron chi connectivity index (χ0n) is 13.6. The smallest absolute Gasteiger partial charge is 0.305 e. The quantitative estimate of drug-likeness (QED) is 0.283. The second kappa shape index (κ2) is 9.34. The minimum atomic E-state index is -0.534. The zero-order valence-corrected chi connectivity index (χ0v) is 17.6. The van der Waals surface area contributed by atoms with Crippen molar-refractivity contribution < 1.29 is 19.2 Å². The molecule has 0 bridgehead atoms. The molecule has 2 aromatic rings. The number of nitro benzene ring substituents is 1. The Balaban J connectivity index is 2.14. The summed E-state index contributed by atoms with van der Waals surface area (Å²) in [5.74, 6) is 0.257. The molecule has 0 aliphatic rings. The van der Waals surface area contributed by atoms with Crippen LogP contribution in [-0.4, -0.2) is 18.0 Å². The Morgan fingerprint density at radius 2 is 1.92 bits per heavy atom. The van der Waals surface area contributed by atoms with Crippen LogP contribution in [-0.2, 0) is 22.6 Å². The summed E-state index contributed by atoms with van der Waals surface area (Å²) in [6, 6.07) is 8.26. The third-order valence-electron chi connectivity index (χ3n) is 3.53. The van der Waals surface area contributed by atoms with E-state index in [4.69, 9.17) is 16.3 Å². The molecule has 2 rings (SSSR count).